The first-order valence-electron chi connectivity index (χ1n) is 5.66. The maximum Gasteiger partial charge on any atom is 0.133 e. The van der Waals surface area contributed by atoms with E-state index in [0.717, 1.165) is 6.54 Å². The maximum atomic E-state index is 9.70. The SMILES string of the molecule is CCCC(C)CNCC(O)c1ccco1. The summed E-state index contributed by atoms with van der Waals surface area (Å²) in [5.41, 5.74) is 0. The molecule has 0 aliphatic rings. The van der Waals surface area contributed by atoms with E-state index in [1.165, 1.54) is 12.8 Å². The van der Waals surface area contributed by atoms with Gasteiger partial charge in [0.25, 0.3) is 0 Å². The van der Waals surface area contributed by atoms with Gasteiger partial charge in [-0.15, -0.1) is 0 Å². The molecule has 2 N–H and O–H groups in total. The summed E-state index contributed by atoms with van der Waals surface area (Å²) in [6, 6.07) is 3.58. The minimum Gasteiger partial charge on any atom is -0.467 e. The zero-order chi connectivity index (χ0) is 11.1. The number of hydrogen-bond acceptors (Lipinski definition) is 3. The van der Waals surface area contributed by atoms with Gasteiger partial charge in [0.1, 0.15) is 11.9 Å². The van der Waals surface area contributed by atoms with Gasteiger partial charge in [-0.3, -0.25) is 0 Å². The minimum absolute atomic E-state index is 0.533. The van der Waals surface area contributed by atoms with E-state index in [0.29, 0.717) is 18.2 Å². The molecule has 2 unspecified atom stereocenters. The lowest BCUT2D eigenvalue weighted by Gasteiger charge is -2.13. The van der Waals surface area contributed by atoms with Crippen molar-refractivity contribution in [1.29, 1.82) is 0 Å². The summed E-state index contributed by atoms with van der Waals surface area (Å²) in [6.07, 6.45) is 3.49. The van der Waals surface area contributed by atoms with E-state index in [4.69, 9.17) is 4.42 Å². The van der Waals surface area contributed by atoms with Crippen molar-refractivity contribution < 1.29 is 9.52 Å². The van der Waals surface area contributed by atoms with Gasteiger partial charge in [0.2, 0.25) is 0 Å². The molecule has 0 amide bonds. The van der Waals surface area contributed by atoms with Crippen LogP contribution in [0.1, 0.15) is 38.6 Å². The van der Waals surface area contributed by atoms with Crippen molar-refractivity contribution in [3.05, 3.63) is 24.2 Å². The molecule has 0 aromatic carbocycles. The number of rotatable bonds is 7. The molecule has 0 saturated carbocycles. The highest BCUT2D eigenvalue weighted by molar-refractivity contribution is 5.02. The topological polar surface area (TPSA) is 45.4 Å². The van der Waals surface area contributed by atoms with Gasteiger partial charge in [-0.2, -0.15) is 0 Å². The Bertz CT molecular complexity index is 246. The summed E-state index contributed by atoms with van der Waals surface area (Å²) in [5, 5.41) is 12.9. The van der Waals surface area contributed by atoms with Crippen LogP contribution in [0.4, 0.5) is 0 Å². The molecule has 3 nitrogen and oxygen atoms in total. The third-order valence-corrected chi connectivity index (χ3v) is 2.48. The zero-order valence-electron chi connectivity index (χ0n) is 9.57. The molecule has 0 saturated heterocycles. The Morgan fingerprint density at radius 1 is 1.47 bits per heavy atom. The Hall–Kier alpha value is -0.800. The first-order chi connectivity index (χ1) is 7.24. The second-order valence-corrected chi connectivity index (χ2v) is 4.08. The number of aliphatic hydroxyl groups excluding tert-OH is 1. The largest absolute Gasteiger partial charge is 0.467 e. The predicted octanol–water partition coefficient (Wildman–Crippen LogP) is 2.34. The number of aliphatic hydroxyl groups is 1. The van der Waals surface area contributed by atoms with E-state index < -0.39 is 6.10 Å². The summed E-state index contributed by atoms with van der Waals surface area (Å²) < 4.78 is 5.11. The van der Waals surface area contributed by atoms with Crippen molar-refractivity contribution in [2.24, 2.45) is 5.92 Å². The molecule has 0 radical (unpaired) electrons. The molecule has 0 aliphatic heterocycles. The molecule has 1 aromatic rings. The van der Waals surface area contributed by atoms with Crippen LogP contribution in [-0.2, 0) is 0 Å². The maximum absolute atomic E-state index is 9.70. The average molecular weight is 211 g/mol. The van der Waals surface area contributed by atoms with Crippen molar-refractivity contribution in [3.8, 4) is 0 Å². The predicted molar refractivity (Wildman–Crippen MR) is 60.6 cm³/mol. The van der Waals surface area contributed by atoms with Gasteiger partial charge >= 0.3 is 0 Å². The zero-order valence-corrected chi connectivity index (χ0v) is 9.57. The molecular weight excluding hydrogens is 190 g/mol. The Balaban J connectivity index is 2.15. The lowest BCUT2D eigenvalue weighted by Crippen LogP contribution is -2.26. The van der Waals surface area contributed by atoms with Crippen molar-refractivity contribution >= 4 is 0 Å². The molecule has 1 rings (SSSR count). The number of hydrogen-bond donors (Lipinski definition) is 2. The molecule has 3 heteroatoms. The Morgan fingerprint density at radius 2 is 2.27 bits per heavy atom. The summed E-state index contributed by atoms with van der Waals surface area (Å²) in [6.45, 7) is 5.91. The Morgan fingerprint density at radius 3 is 2.87 bits per heavy atom. The molecule has 0 aliphatic carbocycles. The van der Waals surface area contributed by atoms with E-state index >= 15 is 0 Å². The van der Waals surface area contributed by atoms with Gasteiger partial charge in [-0.1, -0.05) is 20.3 Å². The Labute approximate surface area is 91.5 Å². The van der Waals surface area contributed by atoms with Gasteiger partial charge in [0, 0.05) is 6.54 Å². The fourth-order valence-electron chi connectivity index (χ4n) is 1.64. The van der Waals surface area contributed by atoms with Crippen LogP contribution in [0, 0.1) is 5.92 Å². The van der Waals surface area contributed by atoms with E-state index in [1.54, 1.807) is 18.4 Å². The van der Waals surface area contributed by atoms with Crippen LogP contribution in [-0.4, -0.2) is 18.2 Å². The molecule has 0 spiro atoms. The minimum atomic E-state index is -0.533. The van der Waals surface area contributed by atoms with E-state index in [9.17, 15) is 5.11 Å². The van der Waals surface area contributed by atoms with Crippen LogP contribution >= 0.6 is 0 Å². The summed E-state index contributed by atoms with van der Waals surface area (Å²) >= 11 is 0. The molecule has 1 aromatic heterocycles. The fourth-order valence-corrected chi connectivity index (χ4v) is 1.64. The first-order valence-corrected chi connectivity index (χ1v) is 5.66. The van der Waals surface area contributed by atoms with Gasteiger partial charge in [-0.05, 0) is 31.0 Å². The van der Waals surface area contributed by atoms with Gasteiger partial charge in [0.15, 0.2) is 0 Å². The molecule has 86 valence electrons. The second kappa shape index (κ2) is 6.64. The van der Waals surface area contributed by atoms with Crippen LogP contribution in [0.5, 0.6) is 0 Å². The fraction of sp³-hybridized carbons (Fsp3) is 0.667. The molecule has 0 bridgehead atoms. The highest BCUT2D eigenvalue weighted by atomic mass is 16.4. The van der Waals surface area contributed by atoms with Crippen molar-refractivity contribution in [3.63, 3.8) is 0 Å². The molecule has 2 atom stereocenters. The standard InChI is InChI=1S/C12H21NO2/c1-3-5-10(2)8-13-9-11(14)12-6-4-7-15-12/h4,6-7,10-11,13-14H,3,5,8-9H2,1-2H3. The van der Waals surface area contributed by atoms with E-state index in [1.807, 2.05) is 0 Å². The molecule has 15 heavy (non-hydrogen) atoms. The normalized spacial score (nSPS) is 15.1. The van der Waals surface area contributed by atoms with Crippen LogP contribution in [0.3, 0.4) is 0 Å². The summed E-state index contributed by atoms with van der Waals surface area (Å²) in [7, 11) is 0. The van der Waals surface area contributed by atoms with E-state index in [2.05, 4.69) is 19.2 Å². The highest BCUT2D eigenvalue weighted by Gasteiger charge is 2.09. The van der Waals surface area contributed by atoms with Crippen LogP contribution in [0.15, 0.2) is 22.8 Å². The highest BCUT2D eigenvalue weighted by Crippen LogP contribution is 2.11. The Kier molecular flexibility index (Phi) is 5.43. The van der Waals surface area contributed by atoms with Gasteiger partial charge in [-0.25, -0.2) is 0 Å². The second-order valence-electron chi connectivity index (χ2n) is 4.08. The smallest absolute Gasteiger partial charge is 0.133 e. The molecule has 1 heterocycles. The van der Waals surface area contributed by atoms with Gasteiger partial charge in [0.05, 0.1) is 6.26 Å². The summed E-state index contributed by atoms with van der Waals surface area (Å²) in [4.78, 5) is 0. The number of furan rings is 1. The van der Waals surface area contributed by atoms with Crippen LogP contribution < -0.4 is 5.32 Å². The van der Waals surface area contributed by atoms with E-state index in [-0.39, 0.29) is 0 Å². The third-order valence-electron chi connectivity index (χ3n) is 2.48. The molecule has 0 fully saturated rings. The van der Waals surface area contributed by atoms with Crippen molar-refractivity contribution in [2.45, 2.75) is 32.8 Å². The van der Waals surface area contributed by atoms with Crippen LogP contribution in [0.2, 0.25) is 0 Å². The quantitative estimate of drug-likeness (QED) is 0.727. The third kappa shape index (κ3) is 4.49. The van der Waals surface area contributed by atoms with Crippen molar-refractivity contribution in [2.75, 3.05) is 13.1 Å². The monoisotopic (exact) mass is 211 g/mol. The lowest BCUT2D eigenvalue weighted by molar-refractivity contribution is 0.146. The van der Waals surface area contributed by atoms with Crippen LogP contribution in [0.25, 0.3) is 0 Å². The van der Waals surface area contributed by atoms with Crippen molar-refractivity contribution in [1.82, 2.24) is 5.32 Å². The lowest BCUT2D eigenvalue weighted by atomic mass is 10.1. The number of nitrogens with one attached hydrogen (secondary N) is 1. The summed E-state index contributed by atoms with van der Waals surface area (Å²) in [5.74, 6) is 1.30. The average Bonchev–Trinajstić information content (AvgIpc) is 2.70. The molecular formula is C12H21NO2. The first kappa shape index (κ1) is 12.3. The van der Waals surface area contributed by atoms with Gasteiger partial charge < -0.3 is 14.8 Å².